The summed E-state index contributed by atoms with van der Waals surface area (Å²) in [5.74, 6) is -0.273. The number of hydrogen-bond acceptors (Lipinski definition) is 6. The van der Waals surface area contributed by atoms with E-state index in [2.05, 4.69) is 4.98 Å². The number of para-hydroxylation sites is 1. The fraction of sp³-hybridized carbons (Fsp3) is 0.304. The minimum absolute atomic E-state index is 0.0134. The molecule has 154 valence electrons. The summed E-state index contributed by atoms with van der Waals surface area (Å²) < 4.78 is 12.0. The van der Waals surface area contributed by atoms with Crippen molar-refractivity contribution in [3.63, 3.8) is 0 Å². The second-order valence-corrected chi connectivity index (χ2v) is 7.17. The Hall–Kier alpha value is -3.48. The lowest BCUT2D eigenvalue weighted by atomic mass is 10.2. The van der Waals surface area contributed by atoms with Gasteiger partial charge in [0.25, 0.3) is 5.56 Å². The molecule has 0 amide bonds. The number of aryl methyl sites for hydroxylation is 1. The highest BCUT2D eigenvalue weighted by Gasteiger charge is 2.28. The van der Waals surface area contributed by atoms with Gasteiger partial charge in [0.05, 0.1) is 22.9 Å². The van der Waals surface area contributed by atoms with E-state index in [1.165, 1.54) is 0 Å². The molecular formula is C23H22N2O5. The second-order valence-electron chi connectivity index (χ2n) is 7.17. The van der Waals surface area contributed by atoms with E-state index < -0.39 is 11.9 Å². The summed E-state index contributed by atoms with van der Waals surface area (Å²) in [6.07, 6.45) is 2.32. The van der Waals surface area contributed by atoms with E-state index in [1.807, 2.05) is 18.2 Å². The van der Waals surface area contributed by atoms with E-state index in [4.69, 9.17) is 9.47 Å². The number of esters is 2. The van der Waals surface area contributed by atoms with Crippen molar-refractivity contribution in [1.29, 1.82) is 0 Å². The van der Waals surface area contributed by atoms with Gasteiger partial charge >= 0.3 is 11.9 Å². The van der Waals surface area contributed by atoms with Gasteiger partial charge in [0, 0.05) is 12.5 Å². The number of carbonyl (C=O) groups is 2. The molecule has 0 spiro atoms. The van der Waals surface area contributed by atoms with Crippen molar-refractivity contribution in [3.8, 4) is 0 Å². The van der Waals surface area contributed by atoms with Crippen molar-refractivity contribution in [2.24, 2.45) is 0 Å². The highest BCUT2D eigenvalue weighted by atomic mass is 16.6. The lowest BCUT2D eigenvalue weighted by molar-refractivity contribution is -0.144. The number of nitrogens with zero attached hydrogens (tertiary/aromatic N) is 2. The van der Waals surface area contributed by atoms with Gasteiger partial charge in [0.2, 0.25) is 0 Å². The molecule has 0 radical (unpaired) electrons. The number of benzene rings is 2. The van der Waals surface area contributed by atoms with E-state index in [9.17, 15) is 14.4 Å². The van der Waals surface area contributed by atoms with E-state index in [1.54, 1.807) is 41.0 Å². The maximum Gasteiger partial charge on any atom is 0.338 e. The van der Waals surface area contributed by atoms with Gasteiger partial charge in [-0.2, -0.15) is 0 Å². The average Bonchev–Trinajstić information content (AvgIpc) is 3.61. The number of hydrogen-bond donors (Lipinski definition) is 0. The molecule has 0 bridgehead atoms. The molecule has 0 saturated heterocycles. The first kappa shape index (κ1) is 19.8. The molecule has 0 unspecified atom stereocenters. The van der Waals surface area contributed by atoms with Crippen LogP contribution in [0.1, 0.15) is 41.5 Å². The molecular weight excluding hydrogens is 384 g/mol. The molecule has 1 aliphatic carbocycles. The van der Waals surface area contributed by atoms with Gasteiger partial charge in [-0.1, -0.05) is 30.3 Å². The first-order valence-electron chi connectivity index (χ1n) is 10.0. The molecule has 7 heteroatoms. The Kier molecular flexibility index (Phi) is 5.88. The molecule has 0 aliphatic heterocycles. The van der Waals surface area contributed by atoms with Crippen LogP contribution in [0.5, 0.6) is 0 Å². The van der Waals surface area contributed by atoms with Gasteiger partial charge in [0.15, 0.2) is 0 Å². The molecule has 1 aromatic heterocycles. The van der Waals surface area contributed by atoms with Crippen LogP contribution in [-0.2, 0) is 20.7 Å². The molecule has 30 heavy (non-hydrogen) atoms. The lowest BCUT2D eigenvalue weighted by Crippen LogP contribution is -2.25. The van der Waals surface area contributed by atoms with E-state index in [-0.39, 0.29) is 31.2 Å². The van der Waals surface area contributed by atoms with Gasteiger partial charge < -0.3 is 9.47 Å². The Morgan fingerprint density at radius 2 is 1.67 bits per heavy atom. The molecule has 1 saturated carbocycles. The molecule has 0 atom stereocenters. The Balaban J connectivity index is 1.31. The monoisotopic (exact) mass is 406 g/mol. The Morgan fingerprint density at radius 1 is 0.967 bits per heavy atom. The molecule has 1 aliphatic rings. The number of carbonyl (C=O) groups excluding carboxylic acids is 2. The standard InChI is InChI=1S/C23H22N2O5/c26-21(29-14-15-30-23(28)16-6-2-1-3-7-16)13-12-20-24-19-9-5-4-8-18(19)22(27)25(20)17-10-11-17/h1-9,17H,10-15H2. The van der Waals surface area contributed by atoms with Crippen LogP contribution in [0.4, 0.5) is 0 Å². The summed E-state index contributed by atoms with van der Waals surface area (Å²) in [6, 6.07) is 16.0. The maximum absolute atomic E-state index is 12.8. The second kappa shape index (κ2) is 8.90. The van der Waals surface area contributed by atoms with Crippen molar-refractivity contribution in [2.75, 3.05) is 13.2 Å². The first-order valence-corrected chi connectivity index (χ1v) is 10.0. The predicted octanol–water partition coefficient (Wildman–Crippen LogP) is 3.06. The quantitative estimate of drug-likeness (QED) is 0.422. The first-order chi connectivity index (χ1) is 14.6. The van der Waals surface area contributed by atoms with E-state index in [0.717, 1.165) is 12.8 Å². The molecule has 4 rings (SSSR count). The molecule has 0 N–H and O–H groups in total. The summed E-state index contributed by atoms with van der Waals surface area (Å²) >= 11 is 0. The molecule has 3 aromatic rings. The lowest BCUT2D eigenvalue weighted by Gasteiger charge is -2.12. The molecule has 1 heterocycles. The van der Waals surface area contributed by atoms with Crippen LogP contribution in [0.3, 0.4) is 0 Å². The SMILES string of the molecule is O=C(CCc1nc2ccccc2c(=O)n1C1CC1)OCCOC(=O)c1ccccc1. The Morgan fingerprint density at radius 3 is 2.43 bits per heavy atom. The van der Waals surface area contributed by atoms with Crippen molar-refractivity contribution in [2.45, 2.75) is 31.7 Å². The van der Waals surface area contributed by atoms with Crippen molar-refractivity contribution in [1.82, 2.24) is 9.55 Å². The fourth-order valence-electron chi connectivity index (χ4n) is 3.31. The third kappa shape index (κ3) is 4.56. The van der Waals surface area contributed by atoms with Gasteiger partial charge in [0.1, 0.15) is 19.0 Å². The summed E-state index contributed by atoms with van der Waals surface area (Å²) in [4.78, 5) is 41.4. The smallest absolute Gasteiger partial charge is 0.338 e. The summed E-state index contributed by atoms with van der Waals surface area (Å²) in [7, 11) is 0. The summed E-state index contributed by atoms with van der Waals surface area (Å²) in [5.41, 5.74) is 1.03. The van der Waals surface area contributed by atoms with Crippen LogP contribution in [0.25, 0.3) is 10.9 Å². The maximum atomic E-state index is 12.8. The zero-order valence-electron chi connectivity index (χ0n) is 16.5. The minimum atomic E-state index is -0.458. The van der Waals surface area contributed by atoms with Crippen molar-refractivity contribution >= 4 is 22.8 Å². The van der Waals surface area contributed by atoms with Gasteiger partial charge in [-0.15, -0.1) is 0 Å². The Labute approximate surface area is 173 Å². The number of aromatic nitrogens is 2. The van der Waals surface area contributed by atoms with E-state index in [0.29, 0.717) is 28.7 Å². The largest absolute Gasteiger partial charge is 0.462 e. The number of fused-ring (bicyclic) bond motifs is 1. The summed E-state index contributed by atoms with van der Waals surface area (Å²) in [6.45, 7) is -0.0293. The van der Waals surface area contributed by atoms with Crippen LogP contribution in [-0.4, -0.2) is 34.7 Å². The van der Waals surface area contributed by atoms with Crippen LogP contribution in [0, 0.1) is 0 Å². The number of ether oxygens (including phenoxy) is 2. The van der Waals surface area contributed by atoms with Crippen LogP contribution >= 0.6 is 0 Å². The van der Waals surface area contributed by atoms with Gasteiger partial charge in [-0.05, 0) is 37.1 Å². The normalized spacial score (nSPS) is 13.2. The topological polar surface area (TPSA) is 87.5 Å². The van der Waals surface area contributed by atoms with Crippen LogP contribution in [0.15, 0.2) is 59.4 Å². The molecule has 2 aromatic carbocycles. The van der Waals surface area contributed by atoms with Crippen LogP contribution in [0.2, 0.25) is 0 Å². The third-order valence-corrected chi connectivity index (χ3v) is 4.93. The number of rotatable bonds is 8. The van der Waals surface area contributed by atoms with Crippen molar-refractivity contribution < 1.29 is 19.1 Å². The van der Waals surface area contributed by atoms with Crippen molar-refractivity contribution in [3.05, 3.63) is 76.3 Å². The molecule has 7 nitrogen and oxygen atoms in total. The average molecular weight is 406 g/mol. The zero-order valence-corrected chi connectivity index (χ0v) is 16.5. The Bertz CT molecular complexity index is 1120. The highest BCUT2D eigenvalue weighted by molar-refractivity contribution is 5.89. The zero-order chi connectivity index (χ0) is 20.9. The fourth-order valence-corrected chi connectivity index (χ4v) is 3.31. The van der Waals surface area contributed by atoms with Crippen LogP contribution < -0.4 is 5.56 Å². The van der Waals surface area contributed by atoms with Gasteiger partial charge in [-0.3, -0.25) is 14.2 Å². The third-order valence-electron chi connectivity index (χ3n) is 4.93. The minimum Gasteiger partial charge on any atom is -0.462 e. The molecule has 1 fully saturated rings. The van der Waals surface area contributed by atoms with E-state index >= 15 is 0 Å². The predicted molar refractivity (Wildman–Crippen MR) is 110 cm³/mol. The highest BCUT2D eigenvalue weighted by Crippen LogP contribution is 2.34. The summed E-state index contributed by atoms with van der Waals surface area (Å²) in [5, 5.41) is 0.593. The van der Waals surface area contributed by atoms with Gasteiger partial charge in [-0.25, -0.2) is 9.78 Å².